The Balaban J connectivity index is 1.81. The van der Waals surface area contributed by atoms with Crippen molar-refractivity contribution in [3.63, 3.8) is 0 Å². The van der Waals surface area contributed by atoms with Gasteiger partial charge in [-0.25, -0.2) is 4.79 Å². The Morgan fingerprint density at radius 3 is 2.82 bits per heavy atom. The Morgan fingerprint density at radius 2 is 2.14 bits per heavy atom. The number of hydrogen-bond donors (Lipinski definition) is 0. The van der Waals surface area contributed by atoms with Gasteiger partial charge in [-0.1, -0.05) is 25.3 Å². The maximum Gasteiger partial charge on any atom is 0.333 e. The molecule has 1 saturated carbocycles. The largest absolute Gasteiger partial charge is 0.466 e. The molecule has 1 saturated heterocycles. The summed E-state index contributed by atoms with van der Waals surface area (Å²) in [6.07, 6.45) is 8.24. The highest BCUT2D eigenvalue weighted by Crippen LogP contribution is 2.40. The number of esters is 1. The predicted molar refractivity (Wildman–Crippen MR) is 79.6 cm³/mol. The first-order valence-electron chi connectivity index (χ1n) is 7.80. The number of rotatable bonds is 3. The van der Waals surface area contributed by atoms with E-state index in [0.29, 0.717) is 11.7 Å². The Morgan fingerprint density at radius 1 is 1.32 bits per heavy atom. The molecule has 3 rings (SSSR count). The van der Waals surface area contributed by atoms with Crippen LogP contribution in [0.1, 0.15) is 44.1 Å². The summed E-state index contributed by atoms with van der Waals surface area (Å²) >= 11 is 0. The van der Waals surface area contributed by atoms with E-state index < -0.39 is 12.3 Å². The molecular formula is C17H21NO4. The van der Waals surface area contributed by atoms with Gasteiger partial charge in [0.25, 0.3) is 0 Å². The van der Waals surface area contributed by atoms with Crippen LogP contribution < -0.4 is 0 Å². The smallest absolute Gasteiger partial charge is 0.333 e. The fraction of sp³-hybridized carbons (Fsp3) is 0.529. The molecule has 0 N–H and O–H groups in total. The van der Waals surface area contributed by atoms with Crippen molar-refractivity contribution in [2.24, 2.45) is 5.92 Å². The number of aromatic nitrogens is 1. The maximum absolute atomic E-state index is 11.6. The van der Waals surface area contributed by atoms with Crippen molar-refractivity contribution >= 4 is 5.97 Å². The van der Waals surface area contributed by atoms with Gasteiger partial charge in [0.15, 0.2) is 0 Å². The minimum atomic E-state index is -0.552. The van der Waals surface area contributed by atoms with E-state index in [1.54, 1.807) is 6.20 Å². The summed E-state index contributed by atoms with van der Waals surface area (Å²) in [7, 11) is 1.36. The van der Waals surface area contributed by atoms with Gasteiger partial charge in [-0.3, -0.25) is 4.98 Å². The van der Waals surface area contributed by atoms with Crippen LogP contribution in [0, 0.1) is 5.92 Å². The first-order valence-corrected chi connectivity index (χ1v) is 7.80. The molecule has 22 heavy (non-hydrogen) atoms. The summed E-state index contributed by atoms with van der Waals surface area (Å²) in [5.74, 6) is 0.536. The molecule has 2 unspecified atom stereocenters. The standard InChI is InChI=1S/C17H21NO4/c1-20-15(19)11-14-16(12-7-3-2-4-8-12)22-17(21-14)13-9-5-6-10-18-13/h5-6,9-12,16-17H,2-4,7-8H2,1H3/b14-11-. The SMILES string of the molecule is COC(=O)/C=C1\OC(c2ccccn2)OC1C1CCCCC1. The third-order valence-electron chi connectivity index (χ3n) is 4.26. The van der Waals surface area contributed by atoms with Crippen LogP contribution in [0.2, 0.25) is 0 Å². The first-order chi connectivity index (χ1) is 10.8. The molecule has 5 heteroatoms. The number of pyridine rings is 1. The first kappa shape index (κ1) is 15.0. The third kappa shape index (κ3) is 3.30. The molecule has 0 bridgehead atoms. The zero-order valence-corrected chi connectivity index (χ0v) is 12.7. The van der Waals surface area contributed by atoms with Gasteiger partial charge in [-0.2, -0.15) is 0 Å². The van der Waals surface area contributed by atoms with Crippen LogP contribution in [0.15, 0.2) is 36.2 Å². The second-order valence-corrected chi connectivity index (χ2v) is 5.73. The van der Waals surface area contributed by atoms with Crippen LogP contribution in [-0.2, 0) is 19.0 Å². The fourth-order valence-electron chi connectivity index (χ4n) is 3.14. The molecule has 2 heterocycles. The lowest BCUT2D eigenvalue weighted by atomic mass is 9.84. The molecule has 0 spiro atoms. The lowest BCUT2D eigenvalue weighted by Gasteiger charge is -2.25. The van der Waals surface area contributed by atoms with Gasteiger partial charge < -0.3 is 14.2 Å². The normalized spacial score (nSPS) is 27.6. The lowest BCUT2D eigenvalue weighted by molar-refractivity contribution is -0.135. The van der Waals surface area contributed by atoms with E-state index in [1.807, 2.05) is 18.2 Å². The van der Waals surface area contributed by atoms with Gasteiger partial charge >= 0.3 is 5.97 Å². The number of nitrogens with zero attached hydrogens (tertiary/aromatic N) is 1. The van der Waals surface area contributed by atoms with Gasteiger partial charge in [0, 0.05) is 6.20 Å². The summed E-state index contributed by atoms with van der Waals surface area (Å²) in [5, 5.41) is 0. The zero-order chi connectivity index (χ0) is 15.4. The van der Waals surface area contributed by atoms with Crippen molar-refractivity contribution in [3.05, 3.63) is 41.9 Å². The Bertz CT molecular complexity index is 537. The van der Waals surface area contributed by atoms with Gasteiger partial charge in [0.05, 0.1) is 13.2 Å². The highest BCUT2D eigenvalue weighted by Gasteiger charge is 2.39. The third-order valence-corrected chi connectivity index (χ3v) is 4.26. The average molecular weight is 303 g/mol. The van der Waals surface area contributed by atoms with Crippen LogP contribution in [0.4, 0.5) is 0 Å². The molecule has 2 aliphatic rings. The van der Waals surface area contributed by atoms with Crippen molar-refractivity contribution in [2.45, 2.75) is 44.5 Å². The predicted octanol–water partition coefficient (Wildman–Crippen LogP) is 3.13. The monoisotopic (exact) mass is 303 g/mol. The molecule has 118 valence electrons. The van der Waals surface area contributed by atoms with E-state index in [4.69, 9.17) is 14.2 Å². The molecule has 0 amide bonds. The number of carbonyl (C=O) groups excluding carboxylic acids is 1. The van der Waals surface area contributed by atoms with Crippen LogP contribution in [0.25, 0.3) is 0 Å². The van der Waals surface area contributed by atoms with Gasteiger partial charge in [0.2, 0.25) is 6.29 Å². The molecule has 2 atom stereocenters. The molecule has 1 aromatic rings. The Labute approximate surface area is 130 Å². The summed E-state index contributed by atoms with van der Waals surface area (Å²) in [5.41, 5.74) is 0.719. The second-order valence-electron chi connectivity index (χ2n) is 5.73. The van der Waals surface area contributed by atoms with E-state index in [1.165, 1.54) is 32.4 Å². The molecule has 0 radical (unpaired) electrons. The maximum atomic E-state index is 11.6. The quantitative estimate of drug-likeness (QED) is 0.634. The van der Waals surface area contributed by atoms with Crippen LogP contribution in [0.5, 0.6) is 0 Å². The minimum Gasteiger partial charge on any atom is -0.466 e. The minimum absolute atomic E-state index is 0.189. The lowest BCUT2D eigenvalue weighted by Crippen LogP contribution is -2.24. The highest BCUT2D eigenvalue weighted by atomic mass is 16.7. The summed E-state index contributed by atoms with van der Waals surface area (Å²) in [4.78, 5) is 15.9. The van der Waals surface area contributed by atoms with E-state index in [-0.39, 0.29) is 6.10 Å². The molecule has 1 aromatic heterocycles. The molecule has 1 aliphatic carbocycles. The van der Waals surface area contributed by atoms with E-state index >= 15 is 0 Å². The summed E-state index contributed by atoms with van der Waals surface area (Å²) < 4.78 is 16.7. The van der Waals surface area contributed by atoms with Crippen LogP contribution in [0.3, 0.4) is 0 Å². The van der Waals surface area contributed by atoms with Crippen molar-refractivity contribution < 1.29 is 19.0 Å². The number of methoxy groups -OCH3 is 1. The molecule has 5 nitrogen and oxygen atoms in total. The van der Waals surface area contributed by atoms with Gasteiger partial charge in [0.1, 0.15) is 17.6 Å². The zero-order valence-electron chi connectivity index (χ0n) is 12.7. The van der Waals surface area contributed by atoms with Crippen molar-refractivity contribution in [2.75, 3.05) is 7.11 Å². The fourth-order valence-corrected chi connectivity index (χ4v) is 3.14. The van der Waals surface area contributed by atoms with E-state index in [9.17, 15) is 4.79 Å². The van der Waals surface area contributed by atoms with Crippen molar-refractivity contribution in [1.82, 2.24) is 4.98 Å². The number of ether oxygens (including phenoxy) is 3. The number of hydrogen-bond acceptors (Lipinski definition) is 5. The summed E-state index contributed by atoms with van der Waals surface area (Å²) in [6.45, 7) is 0. The Hall–Kier alpha value is -1.88. The average Bonchev–Trinajstić information content (AvgIpc) is 3.00. The summed E-state index contributed by atoms with van der Waals surface area (Å²) in [6, 6.07) is 5.61. The molecule has 0 aromatic carbocycles. The van der Waals surface area contributed by atoms with E-state index in [0.717, 1.165) is 18.5 Å². The highest BCUT2D eigenvalue weighted by molar-refractivity contribution is 5.82. The van der Waals surface area contributed by atoms with Crippen LogP contribution >= 0.6 is 0 Å². The topological polar surface area (TPSA) is 57.7 Å². The van der Waals surface area contributed by atoms with E-state index in [2.05, 4.69) is 4.98 Å². The van der Waals surface area contributed by atoms with Crippen molar-refractivity contribution in [1.29, 1.82) is 0 Å². The van der Waals surface area contributed by atoms with Crippen LogP contribution in [-0.4, -0.2) is 24.2 Å². The molecule has 2 fully saturated rings. The van der Waals surface area contributed by atoms with Gasteiger partial charge in [-0.05, 0) is 30.9 Å². The Kier molecular flexibility index (Phi) is 4.73. The second kappa shape index (κ2) is 6.92. The van der Waals surface area contributed by atoms with Crippen molar-refractivity contribution in [3.8, 4) is 0 Å². The molecular weight excluding hydrogens is 282 g/mol. The number of carbonyl (C=O) groups is 1. The molecule has 1 aliphatic heterocycles. The van der Waals surface area contributed by atoms with Gasteiger partial charge in [-0.15, -0.1) is 0 Å².